The molecule has 0 aliphatic rings. The second-order valence-electron chi connectivity index (χ2n) is 5.32. The molecule has 2 rings (SSSR count). The smallest absolute Gasteiger partial charge is 0.123 e. The first kappa shape index (κ1) is 15.2. The molecule has 0 aliphatic heterocycles. The minimum Gasteiger partial charge on any atom is -0.516 e. The summed E-state index contributed by atoms with van der Waals surface area (Å²) in [5.41, 5.74) is 2.52. The predicted octanol–water partition coefficient (Wildman–Crippen LogP) is 5.19. The van der Waals surface area contributed by atoms with Crippen molar-refractivity contribution in [1.29, 1.82) is 0 Å². The van der Waals surface area contributed by atoms with Crippen LogP contribution in [0.25, 0.3) is 0 Å². The fourth-order valence-corrected chi connectivity index (χ4v) is 2.44. The van der Waals surface area contributed by atoms with Gasteiger partial charge in [-0.15, -0.1) is 0 Å². The Balaban J connectivity index is 2.53. The molecule has 0 aliphatic carbocycles. The van der Waals surface area contributed by atoms with Crippen molar-refractivity contribution in [2.24, 2.45) is 5.92 Å². The van der Waals surface area contributed by atoms with Crippen molar-refractivity contribution in [3.05, 3.63) is 83.1 Å². The van der Waals surface area contributed by atoms with Crippen molar-refractivity contribution >= 4 is 0 Å². The van der Waals surface area contributed by atoms with Crippen molar-refractivity contribution < 1.29 is 13.9 Å². The maximum Gasteiger partial charge on any atom is 0.123 e. The van der Waals surface area contributed by atoms with Crippen LogP contribution < -0.4 is 0 Å². The summed E-state index contributed by atoms with van der Waals surface area (Å²) < 4.78 is 26.3. The van der Waals surface area contributed by atoms with E-state index in [0.29, 0.717) is 0 Å². The number of aliphatic hydroxyl groups is 1. The van der Waals surface area contributed by atoms with Gasteiger partial charge in [-0.25, -0.2) is 8.78 Å². The standard InChI is InChI=1S/C18H18F2O/c1-12(2)17(11-21)18(13-3-7-15(19)8-4-13)14-5-9-16(20)10-6-14/h3-12,18,21H,1-2H3/b17-11-. The summed E-state index contributed by atoms with van der Waals surface area (Å²) in [6.45, 7) is 3.95. The predicted molar refractivity (Wildman–Crippen MR) is 80.2 cm³/mol. The molecule has 0 radical (unpaired) electrons. The van der Waals surface area contributed by atoms with E-state index >= 15 is 0 Å². The molecule has 0 saturated heterocycles. The minimum absolute atomic E-state index is 0.107. The molecule has 21 heavy (non-hydrogen) atoms. The number of allylic oxidation sites excluding steroid dienone is 1. The number of hydrogen-bond donors (Lipinski definition) is 1. The van der Waals surface area contributed by atoms with Gasteiger partial charge in [-0.05, 0) is 46.9 Å². The molecule has 3 heteroatoms. The van der Waals surface area contributed by atoms with Crippen LogP contribution in [0.1, 0.15) is 30.9 Å². The monoisotopic (exact) mass is 288 g/mol. The van der Waals surface area contributed by atoms with E-state index in [1.165, 1.54) is 24.3 Å². The Bertz CT molecular complexity index is 567. The average molecular weight is 288 g/mol. The quantitative estimate of drug-likeness (QED) is 0.767. The maximum atomic E-state index is 13.1. The Labute approximate surface area is 123 Å². The lowest BCUT2D eigenvalue weighted by molar-refractivity contribution is 0.452. The molecule has 2 aromatic carbocycles. The lowest BCUT2D eigenvalue weighted by Crippen LogP contribution is -2.10. The molecule has 0 fully saturated rings. The highest BCUT2D eigenvalue weighted by atomic mass is 19.1. The highest BCUT2D eigenvalue weighted by Crippen LogP contribution is 2.35. The van der Waals surface area contributed by atoms with Gasteiger partial charge in [0.1, 0.15) is 11.6 Å². The van der Waals surface area contributed by atoms with Gasteiger partial charge in [-0.1, -0.05) is 38.1 Å². The van der Waals surface area contributed by atoms with Crippen LogP contribution >= 0.6 is 0 Å². The molecule has 0 spiro atoms. The first-order valence-electron chi connectivity index (χ1n) is 6.88. The number of benzene rings is 2. The normalized spacial score (nSPS) is 12.2. The summed E-state index contributed by atoms with van der Waals surface area (Å²) in [5.74, 6) is -0.738. The van der Waals surface area contributed by atoms with Gasteiger partial charge >= 0.3 is 0 Å². The molecule has 1 nitrogen and oxygen atoms in total. The zero-order valence-corrected chi connectivity index (χ0v) is 12.1. The van der Waals surface area contributed by atoms with Crippen LogP contribution in [0.5, 0.6) is 0 Å². The number of aliphatic hydroxyl groups excluding tert-OH is 1. The number of halogens is 2. The van der Waals surface area contributed by atoms with Gasteiger partial charge in [0, 0.05) is 5.92 Å². The van der Waals surface area contributed by atoms with Crippen LogP contribution in [-0.2, 0) is 0 Å². The van der Waals surface area contributed by atoms with Crippen LogP contribution in [0.3, 0.4) is 0 Å². The number of hydrogen-bond acceptors (Lipinski definition) is 1. The second-order valence-corrected chi connectivity index (χ2v) is 5.32. The molecule has 0 bridgehead atoms. The SMILES string of the molecule is CC(C)/C(=C/O)C(c1ccc(F)cc1)c1ccc(F)cc1. The van der Waals surface area contributed by atoms with E-state index in [0.717, 1.165) is 23.0 Å². The average Bonchev–Trinajstić information content (AvgIpc) is 2.46. The fraction of sp³-hybridized carbons (Fsp3) is 0.222. The molecule has 0 unspecified atom stereocenters. The molecular weight excluding hydrogens is 270 g/mol. The van der Waals surface area contributed by atoms with E-state index in [1.54, 1.807) is 24.3 Å². The van der Waals surface area contributed by atoms with Gasteiger partial charge in [0.25, 0.3) is 0 Å². The van der Waals surface area contributed by atoms with E-state index in [2.05, 4.69) is 0 Å². The Hall–Kier alpha value is -2.16. The summed E-state index contributed by atoms with van der Waals surface area (Å²) in [5, 5.41) is 9.59. The molecule has 0 atom stereocenters. The van der Waals surface area contributed by atoms with Gasteiger partial charge in [0.2, 0.25) is 0 Å². The Morgan fingerprint density at radius 2 is 1.24 bits per heavy atom. The third-order valence-corrected chi connectivity index (χ3v) is 3.56. The molecule has 1 N–H and O–H groups in total. The fourth-order valence-electron chi connectivity index (χ4n) is 2.44. The molecule has 110 valence electrons. The topological polar surface area (TPSA) is 20.2 Å². The van der Waals surface area contributed by atoms with Crippen molar-refractivity contribution in [2.45, 2.75) is 19.8 Å². The first-order chi connectivity index (χ1) is 10.0. The van der Waals surface area contributed by atoms with E-state index in [4.69, 9.17) is 0 Å². The van der Waals surface area contributed by atoms with Gasteiger partial charge in [-0.3, -0.25) is 0 Å². The van der Waals surface area contributed by atoms with Gasteiger partial charge in [-0.2, -0.15) is 0 Å². The lowest BCUT2D eigenvalue weighted by atomic mass is 9.81. The molecule has 0 heterocycles. The number of rotatable bonds is 4. The van der Waals surface area contributed by atoms with Crippen LogP contribution in [0.15, 0.2) is 60.4 Å². The zero-order chi connectivity index (χ0) is 15.4. The van der Waals surface area contributed by atoms with Crippen LogP contribution in [0.4, 0.5) is 8.78 Å². The highest BCUT2D eigenvalue weighted by Gasteiger charge is 2.21. The molecule has 0 amide bonds. The molecule has 0 aromatic heterocycles. The Morgan fingerprint density at radius 3 is 1.52 bits per heavy atom. The van der Waals surface area contributed by atoms with Crippen molar-refractivity contribution in [3.63, 3.8) is 0 Å². The van der Waals surface area contributed by atoms with Crippen molar-refractivity contribution in [2.75, 3.05) is 0 Å². The third kappa shape index (κ3) is 3.48. The van der Waals surface area contributed by atoms with E-state index in [-0.39, 0.29) is 23.5 Å². The summed E-state index contributed by atoms with van der Waals surface area (Å²) in [7, 11) is 0. The Morgan fingerprint density at radius 1 is 0.857 bits per heavy atom. The van der Waals surface area contributed by atoms with E-state index < -0.39 is 0 Å². The van der Waals surface area contributed by atoms with Crippen LogP contribution in [-0.4, -0.2) is 5.11 Å². The van der Waals surface area contributed by atoms with Crippen LogP contribution in [0, 0.1) is 17.6 Å². The third-order valence-electron chi connectivity index (χ3n) is 3.56. The van der Waals surface area contributed by atoms with Gasteiger partial charge in [0.05, 0.1) is 6.26 Å². The first-order valence-corrected chi connectivity index (χ1v) is 6.88. The lowest BCUT2D eigenvalue weighted by Gasteiger charge is -2.23. The largest absolute Gasteiger partial charge is 0.516 e. The zero-order valence-electron chi connectivity index (χ0n) is 12.1. The summed E-state index contributed by atoms with van der Waals surface area (Å²) >= 11 is 0. The minimum atomic E-state index is -0.310. The molecule has 0 saturated carbocycles. The summed E-state index contributed by atoms with van der Waals surface area (Å²) in [6.07, 6.45) is 1.10. The summed E-state index contributed by atoms with van der Waals surface area (Å²) in [6, 6.07) is 12.3. The van der Waals surface area contributed by atoms with Gasteiger partial charge in [0.15, 0.2) is 0 Å². The maximum absolute atomic E-state index is 13.1. The summed E-state index contributed by atoms with van der Waals surface area (Å²) in [4.78, 5) is 0. The van der Waals surface area contributed by atoms with Crippen molar-refractivity contribution in [1.82, 2.24) is 0 Å². The molecule has 2 aromatic rings. The Kier molecular flexibility index (Phi) is 4.73. The molecular formula is C18H18F2O. The highest BCUT2D eigenvalue weighted by molar-refractivity contribution is 5.41. The van der Waals surface area contributed by atoms with Crippen LogP contribution in [0.2, 0.25) is 0 Å². The van der Waals surface area contributed by atoms with E-state index in [9.17, 15) is 13.9 Å². The second kappa shape index (κ2) is 6.53. The van der Waals surface area contributed by atoms with E-state index in [1.807, 2.05) is 13.8 Å². The van der Waals surface area contributed by atoms with Crippen molar-refractivity contribution in [3.8, 4) is 0 Å². The van der Waals surface area contributed by atoms with Gasteiger partial charge < -0.3 is 5.11 Å².